The molecule has 2 rings (SSSR count). The number of hydroxylamine groups is 1. The second kappa shape index (κ2) is 11.8. The van der Waals surface area contributed by atoms with E-state index in [2.05, 4.69) is 5.32 Å². The molecule has 0 fully saturated rings. The third-order valence-corrected chi connectivity index (χ3v) is 4.42. The molecule has 0 aliphatic heterocycles. The Bertz CT molecular complexity index is 965. The molecule has 8 nitrogen and oxygen atoms in total. The second-order valence-corrected chi connectivity index (χ2v) is 6.87. The van der Waals surface area contributed by atoms with E-state index in [1.165, 1.54) is 18.5 Å². The van der Waals surface area contributed by atoms with E-state index in [-0.39, 0.29) is 24.5 Å². The molecule has 0 saturated carbocycles. The van der Waals surface area contributed by atoms with Gasteiger partial charge in [-0.05, 0) is 36.8 Å². The van der Waals surface area contributed by atoms with Gasteiger partial charge in [-0.3, -0.25) is 15.3 Å². The molecule has 0 radical (unpaired) electrons. The van der Waals surface area contributed by atoms with E-state index in [0.717, 1.165) is 12.1 Å². The number of carbonyl (C=O) groups excluding carboxylic acids is 2. The van der Waals surface area contributed by atoms with Gasteiger partial charge in [0.1, 0.15) is 30.1 Å². The minimum Gasteiger partial charge on any atom is -0.491 e. The largest absolute Gasteiger partial charge is 0.491 e. The van der Waals surface area contributed by atoms with Gasteiger partial charge in [-0.15, -0.1) is 0 Å². The number of amides is 2. The lowest BCUT2D eigenvalue weighted by Crippen LogP contribution is -2.23. The van der Waals surface area contributed by atoms with Crippen LogP contribution < -0.4 is 15.5 Å². The second-order valence-electron chi connectivity index (χ2n) is 6.87. The molecule has 2 aromatic rings. The zero-order valence-corrected chi connectivity index (χ0v) is 17.5. The van der Waals surface area contributed by atoms with Crippen molar-refractivity contribution in [3.8, 4) is 5.75 Å². The van der Waals surface area contributed by atoms with Crippen LogP contribution in [0.3, 0.4) is 0 Å². The Balaban J connectivity index is 2.26. The summed E-state index contributed by atoms with van der Waals surface area (Å²) in [5.74, 6) is -2.54. The lowest BCUT2D eigenvalue weighted by atomic mass is 9.95. The van der Waals surface area contributed by atoms with E-state index < -0.39 is 35.7 Å². The van der Waals surface area contributed by atoms with E-state index in [4.69, 9.17) is 19.8 Å². The number of aliphatic hydroxyl groups is 1. The minimum atomic E-state index is -0.995. The number of hydrogen-bond donors (Lipinski definition) is 4. The van der Waals surface area contributed by atoms with Gasteiger partial charge >= 0.3 is 6.09 Å². The first-order valence-corrected chi connectivity index (χ1v) is 9.64. The molecule has 0 spiro atoms. The molecule has 2 amide bonds. The summed E-state index contributed by atoms with van der Waals surface area (Å²) in [4.78, 5) is 24.1. The van der Waals surface area contributed by atoms with Crippen molar-refractivity contribution in [2.45, 2.75) is 20.0 Å². The van der Waals surface area contributed by atoms with Crippen LogP contribution in [0.4, 0.5) is 19.3 Å². The molecule has 10 heteroatoms. The van der Waals surface area contributed by atoms with Crippen LogP contribution in [0, 0.1) is 17.6 Å². The first-order chi connectivity index (χ1) is 15.2. The van der Waals surface area contributed by atoms with Crippen molar-refractivity contribution in [2.75, 3.05) is 18.5 Å². The summed E-state index contributed by atoms with van der Waals surface area (Å²) >= 11 is 0. The number of anilines is 1. The molecule has 0 saturated heterocycles. The standard InChI is InChI=1S/C22H24F2N2O6/c1-13(11-14(2)21(28)26-30)20(15-3-6-17(7-4-15)31-10-9-27)32-22(29)25-19-8-5-16(23)12-18(19)24/h3-8,11-13,20,27,30H,9-10H2,1-2H3,(H,25,29)(H,26,28)/b14-11+/t13-,20-/m1/s1. The predicted octanol–water partition coefficient (Wildman–Crippen LogP) is 3.71. The Morgan fingerprint density at radius 3 is 2.44 bits per heavy atom. The first-order valence-electron chi connectivity index (χ1n) is 9.64. The summed E-state index contributed by atoms with van der Waals surface area (Å²) in [5.41, 5.74) is 1.98. The number of benzene rings is 2. The fraction of sp³-hybridized carbons (Fsp3) is 0.273. The monoisotopic (exact) mass is 450 g/mol. The molecule has 4 N–H and O–H groups in total. The number of rotatable bonds is 9. The third kappa shape index (κ3) is 7.03. The Kier molecular flexibility index (Phi) is 9.11. The smallest absolute Gasteiger partial charge is 0.412 e. The van der Waals surface area contributed by atoms with E-state index >= 15 is 0 Å². The quantitative estimate of drug-likeness (QED) is 0.263. The molecule has 2 aromatic carbocycles. The summed E-state index contributed by atoms with van der Waals surface area (Å²) in [6, 6.07) is 9.17. The summed E-state index contributed by atoms with van der Waals surface area (Å²) in [5, 5.41) is 19.9. The van der Waals surface area contributed by atoms with Gasteiger partial charge in [0.15, 0.2) is 0 Å². The summed E-state index contributed by atoms with van der Waals surface area (Å²) < 4.78 is 37.7. The minimum absolute atomic E-state index is 0.111. The molecule has 0 aromatic heterocycles. The molecule has 172 valence electrons. The van der Waals surface area contributed by atoms with Gasteiger partial charge in [-0.25, -0.2) is 19.1 Å². The van der Waals surface area contributed by atoms with Crippen molar-refractivity contribution >= 4 is 17.7 Å². The summed E-state index contributed by atoms with van der Waals surface area (Å²) in [6.07, 6.45) is -0.407. The van der Waals surface area contributed by atoms with Gasteiger partial charge in [0.2, 0.25) is 0 Å². The topological polar surface area (TPSA) is 117 Å². The maximum Gasteiger partial charge on any atom is 0.412 e. The van der Waals surface area contributed by atoms with Crippen LogP contribution >= 0.6 is 0 Å². The Morgan fingerprint density at radius 1 is 1.16 bits per heavy atom. The van der Waals surface area contributed by atoms with Crippen molar-refractivity contribution in [3.05, 3.63) is 71.3 Å². The highest BCUT2D eigenvalue weighted by atomic mass is 19.1. The molecule has 2 atom stereocenters. The van der Waals surface area contributed by atoms with Gasteiger partial charge in [-0.1, -0.05) is 25.1 Å². The van der Waals surface area contributed by atoms with Crippen LogP contribution in [-0.4, -0.2) is 35.5 Å². The van der Waals surface area contributed by atoms with Crippen LogP contribution in [0.1, 0.15) is 25.5 Å². The lowest BCUT2D eigenvalue weighted by molar-refractivity contribution is -0.125. The lowest BCUT2D eigenvalue weighted by Gasteiger charge is -2.23. The highest BCUT2D eigenvalue weighted by molar-refractivity contribution is 5.91. The molecule has 0 aliphatic rings. The van der Waals surface area contributed by atoms with Gasteiger partial charge in [-0.2, -0.15) is 0 Å². The van der Waals surface area contributed by atoms with Gasteiger partial charge in [0.25, 0.3) is 5.91 Å². The fourth-order valence-electron chi connectivity index (χ4n) is 2.89. The van der Waals surface area contributed by atoms with Gasteiger partial charge in [0.05, 0.1) is 12.3 Å². The summed E-state index contributed by atoms with van der Waals surface area (Å²) in [7, 11) is 0. The Morgan fingerprint density at radius 2 is 1.84 bits per heavy atom. The molecule has 0 heterocycles. The van der Waals surface area contributed by atoms with Crippen molar-refractivity contribution in [1.29, 1.82) is 0 Å². The van der Waals surface area contributed by atoms with Crippen molar-refractivity contribution in [3.63, 3.8) is 0 Å². The van der Waals surface area contributed by atoms with E-state index in [1.807, 2.05) is 0 Å². The normalized spacial score (nSPS) is 13.1. The van der Waals surface area contributed by atoms with E-state index in [0.29, 0.717) is 17.4 Å². The number of ether oxygens (including phenoxy) is 2. The molecule has 0 unspecified atom stereocenters. The predicted molar refractivity (Wildman–Crippen MR) is 111 cm³/mol. The van der Waals surface area contributed by atoms with Gasteiger partial charge < -0.3 is 14.6 Å². The van der Waals surface area contributed by atoms with Crippen molar-refractivity contribution < 1.29 is 38.2 Å². The number of aliphatic hydroxyl groups excluding tert-OH is 1. The van der Waals surface area contributed by atoms with Crippen LogP contribution in [-0.2, 0) is 9.53 Å². The average Bonchev–Trinajstić information content (AvgIpc) is 2.77. The van der Waals surface area contributed by atoms with Crippen LogP contribution in [0.2, 0.25) is 0 Å². The maximum absolute atomic E-state index is 13.9. The van der Waals surface area contributed by atoms with Crippen LogP contribution in [0.5, 0.6) is 5.75 Å². The van der Waals surface area contributed by atoms with Crippen LogP contribution in [0.25, 0.3) is 0 Å². The van der Waals surface area contributed by atoms with Crippen molar-refractivity contribution in [1.82, 2.24) is 5.48 Å². The summed E-state index contributed by atoms with van der Waals surface area (Å²) in [6.45, 7) is 3.11. The fourth-order valence-corrected chi connectivity index (χ4v) is 2.89. The Labute approximate surface area is 183 Å². The van der Waals surface area contributed by atoms with Crippen molar-refractivity contribution in [2.24, 2.45) is 5.92 Å². The number of hydrogen-bond acceptors (Lipinski definition) is 6. The maximum atomic E-state index is 13.9. The third-order valence-electron chi connectivity index (χ3n) is 4.42. The van der Waals surface area contributed by atoms with Crippen LogP contribution in [0.15, 0.2) is 54.1 Å². The highest BCUT2D eigenvalue weighted by Gasteiger charge is 2.24. The number of carbonyl (C=O) groups is 2. The number of nitrogens with one attached hydrogen (secondary N) is 2. The molecule has 0 aliphatic carbocycles. The molecular formula is C22H24F2N2O6. The van der Waals surface area contributed by atoms with Gasteiger partial charge in [0, 0.05) is 17.6 Å². The van der Waals surface area contributed by atoms with E-state index in [1.54, 1.807) is 31.2 Å². The Hall–Kier alpha value is -3.50. The molecule has 32 heavy (non-hydrogen) atoms. The average molecular weight is 450 g/mol. The van der Waals surface area contributed by atoms with E-state index in [9.17, 15) is 18.4 Å². The first kappa shape index (κ1) is 24.8. The zero-order valence-electron chi connectivity index (χ0n) is 17.5. The SMILES string of the molecule is C/C(=C\[C@@H](C)[C@@H](OC(=O)Nc1ccc(F)cc1F)c1ccc(OCCO)cc1)C(=O)NO. The molecular weight excluding hydrogens is 426 g/mol. The number of halogens is 2. The molecule has 0 bridgehead atoms. The highest BCUT2D eigenvalue weighted by Crippen LogP contribution is 2.30. The zero-order chi connectivity index (χ0) is 23.7.